The summed E-state index contributed by atoms with van der Waals surface area (Å²) in [5.41, 5.74) is -0.321. The van der Waals surface area contributed by atoms with E-state index in [1.54, 1.807) is 0 Å². The third-order valence-electron chi connectivity index (χ3n) is 3.32. The molecule has 1 aromatic carbocycles. The van der Waals surface area contributed by atoms with E-state index in [1.807, 2.05) is 0 Å². The third kappa shape index (κ3) is 4.54. The first-order valence-corrected chi connectivity index (χ1v) is 8.86. The van der Waals surface area contributed by atoms with Gasteiger partial charge in [0.1, 0.15) is 11.6 Å². The molecule has 10 heteroatoms. The number of aromatic nitrogens is 3. The predicted octanol–water partition coefficient (Wildman–Crippen LogP) is 1.57. The molecule has 1 aliphatic rings. The van der Waals surface area contributed by atoms with Gasteiger partial charge in [0.2, 0.25) is 15.5 Å². The van der Waals surface area contributed by atoms with E-state index in [-0.39, 0.29) is 28.9 Å². The molecule has 1 heterocycles. The van der Waals surface area contributed by atoms with Gasteiger partial charge in [0.15, 0.2) is 0 Å². The van der Waals surface area contributed by atoms with E-state index in [1.165, 1.54) is 6.07 Å². The van der Waals surface area contributed by atoms with Crippen LogP contribution >= 0.6 is 0 Å². The first-order chi connectivity index (χ1) is 11.8. The molecule has 0 aliphatic heterocycles. The van der Waals surface area contributed by atoms with Gasteiger partial charge in [-0.15, -0.1) is 0 Å². The second-order valence-corrected chi connectivity index (χ2v) is 7.29. The number of carboxylic acids is 1. The monoisotopic (exact) mass is 365 g/mol. The summed E-state index contributed by atoms with van der Waals surface area (Å²) in [5.74, 6) is 0.0601. The lowest BCUT2D eigenvalue weighted by Crippen LogP contribution is -2.04. The lowest BCUT2D eigenvalue weighted by molar-refractivity contribution is 0.0687. The number of carboxylic acid groups (broad SMARTS) is 1. The number of hydrogen-bond acceptors (Lipinski definition) is 6. The summed E-state index contributed by atoms with van der Waals surface area (Å²) in [4.78, 5) is 11.0. The molecule has 0 atom stereocenters. The first-order valence-electron chi connectivity index (χ1n) is 7.21. The van der Waals surface area contributed by atoms with Crippen LogP contribution in [0.5, 0.6) is 11.6 Å². The van der Waals surface area contributed by atoms with E-state index in [2.05, 4.69) is 26.6 Å². The zero-order valence-electron chi connectivity index (χ0n) is 12.7. The average molecular weight is 365 g/mol. The number of halogens is 1. The van der Waals surface area contributed by atoms with Gasteiger partial charge in [-0.1, -0.05) is 10.3 Å². The second kappa shape index (κ2) is 6.52. The number of rotatable bonds is 5. The maximum Gasteiger partial charge on any atom is 0.359 e. The standard InChI is InChI=1S/C15H12FN3O5S/c16-11-5-10(3-4-25(22,23)8-9-1-2-9)6-12(7-11)24-14-13(15(20)21)17-19-18-14/h5-7,9H,1-2,8H2,(H,20,21)(H,17,18,19). The van der Waals surface area contributed by atoms with Crippen molar-refractivity contribution in [3.63, 3.8) is 0 Å². The second-order valence-electron chi connectivity index (χ2n) is 5.53. The fourth-order valence-corrected chi connectivity index (χ4v) is 3.32. The van der Waals surface area contributed by atoms with Crippen LogP contribution < -0.4 is 4.74 Å². The molecular weight excluding hydrogens is 353 g/mol. The molecule has 3 rings (SSSR count). The van der Waals surface area contributed by atoms with Gasteiger partial charge in [-0.25, -0.2) is 22.7 Å². The van der Waals surface area contributed by atoms with E-state index in [9.17, 15) is 17.6 Å². The zero-order chi connectivity index (χ0) is 18.0. The number of aromatic amines is 1. The SMILES string of the molecule is O=C(O)c1[nH]nnc1Oc1cc(F)cc(C#CS(=O)(=O)CC2CC2)c1. The van der Waals surface area contributed by atoms with E-state index in [0.717, 1.165) is 25.0 Å². The van der Waals surface area contributed by atoms with Gasteiger partial charge in [-0.3, -0.25) is 0 Å². The van der Waals surface area contributed by atoms with Crippen LogP contribution in [-0.4, -0.2) is 40.7 Å². The number of sulfone groups is 1. The van der Waals surface area contributed by atoms with Crippen molar-refractivity contribution in [2.24, 2.45) is 5.92 Å². The van der Waals surface area contributed by atoms with E-state index >= 15 is 0 Å². The Morgan fingerprint density at radius 1 is 1.40 bits per heavy atom. The van der Waals surface area contributed by atoms with Crippen LogP contribution in [0.4, 0.5) is 4.39 Å². The number of hydrogen-bond donors (Lipinski definition) is 2. The average Bonchev–Trinajstić information content (AvgIpc) is 3.19. The molecule has 0 saturated heterocycles. The molecule has 130 valence electrons. The molecule has 0 radical (unpaired) electrons. The number of ether oxygens (including phenoxy) is 1. The number of nitrogens with zero attached hydrogens (tertiary/aromatic N) is 2. The highest BCUT2D eigenvalue weighted by Crippen LogP contribution is 2.30. The molecule has 1 fully saturated rings. The fourth-order valence-electron chi connectivity index (χ4n) is 2.01. The molecule has 0 amide bonds. The van der Waals surface area contributed by atoms with Crippen LogP contribution in [0.2, 0.25) is 0 Å². The van der Waals surface area contributed by atoms with Crippen molar-refractivity contribution < 1.29 is 27.4 Å². The van der Waals surface area contributed by atoms with Gasteiger partial charge in [0.25, 0.3) is 5.88 Å². The Hall–Kier alpha value is -2.93. The summed E-state index contributed by atoms with van der Waals surface area (Å²) >= 11 is 0. The quantitative estimate of drug-likeness (QED) is 0.771. The fraction of sp³-hybridized carbons (Fsp3) is 0.267. The molecular formula is C15H12FN3O5S. The molecule has 8 nitrogen and oxygen atoms in total. The van der Waals surface area contributed by atoms with Gasteiger partial charge in [-0.2, -0.15) is 0 Å². The lowest BCUT2D eigenvalue weighted by Gasteiger charge is -2.03. The summed E-state index contributed by atoms with van der Waals surface area (Å²) in [6.45, 7) is 0. The lowest BCUT2D eigenvalue weighted by atomic mass is 10.2. The molecule has 25 heavy (non-hydrogen) atoms. The summed E-state index contributed by atoms with van der Waals surface area (Å²) in [6, 6.07) is 3.32. The summed E-state index contributed by atoms with van der Waals surface area (Å²) in [7, 11) is -3.54. The van der Waals surface area contributed by atoms with Gasteiger partial charge < -0.3 is 9.84 Å². The topological polar surface area (TPSA) is 122 Å². The van der Waals surface area contributed by atoms with Gasteiger partial charge in [0.05, 0.1) is 5.75 Å². The normalized spacial score (nSPS) is 13.8. The number of carbonyl (C=O) groups is 1. The number of benzene rings is 1. The van der Waals surface area contributed by atoms with Crippen LogP contribution in [0.25, 0.3) is 0 Å². The molecule has 2 aromatic rings. The molecule has 1 saturated carbocycles. The Kier molecular flexibility index (Phi) is 4.41. The minimum Gasteiger partial charge on any atom is -0.476 e. The van der Waals surface area contributed by atoms with E-state index in [0.29, 0.717) is 0 Å². The highest BCUT2D eigenvalue weighted by molar-refractivity contribution is 7.96. The molecule has 1 aliphatic carbocycles. The maximum atomic E-state index is 13.7. The Bertz CT molecular complexity index is 986. The molecule has 0 unspecified atom stereocenters. The largest absolute Gasteiger partial charge is 0.476 e. The van der Waals surface area contributed by atoms with Crippen LogP contribution in [0.15, 0.2) is 18.2 Å². The van der Waals surface area contributed by atoms with Crippen LogP contribution in [-0.2, 0) is 9.84 Å². The number of nitrogens with one attached hydrogen (secondary N) is 1. The first kappa shape index (κ1) is 16.9. The van der Waals surface area contributed by atoms with Crippen molar-refractivity contribution in [3.8, 4) is 22.8 Å². The minimum absolute atomic E-state index is 0.000413. The smallest absolute Gasteiger partial charge is 0.359 e. The summed E-state index contributed by atoms with van der Waals surface area (Å²) < 4.78 is 42.5. The zero-order valence-corrected chi connectivity index (χ0v) is 13.5. The van der Waals surface area contributed by atoms with E-state index in [4.69, 9.17) is 9.84 Å². The molecule has 2 N–H and O–H groups in total. The molecule has 0 bridgehead atoms. The summed E-state index contributed by atoms with van der Waals surface area (Å²) in [6.07, 6.45) is 1.75. The van der Waals surface area contributed by atoms with Crippen LogP contribution in [0, 0.1) is 22.9 Å². The van der Waals surface area contributed by atoms with Crippen molar-refractivity contribution in [2.75, 3.05) is 5.75 Å². The minimum atomic E-state index is -3.54. The highest BCUT2D eigenvalue weighted by Gasteiger charge is 2.27. The molecule has 1 aromatic heterocycles. The number of aromatic carboxylic acids is 1. The highest BCUT2D eigenvalue weighted by atomic mass is 32.2. The van der Waals surface area contributed by atoms with Gasteiger partial charge in [0, 0.05) is 16.9 Å². The molecule has 0 spiro atoms. The number of H-pyrrole nitrogens is 1. The van der Waals surface area contributed by atoms with Crippen molar-refractivity contribution >= 4 is 15.8 Å². The predicted molar refractivity (Wildman–Crippen MR) is 83.2 cm³/mol. The summed E-state index contributed by atoms with van der Waals surface area (Å²) in [5, 5.41) is 20.0. The van der Waals surface area contributed by atoms with Gasteiger partial charge in [-0.05, 0) is 36.8 Å². The van der Waals surface area contributed by atoms with Crippen molar-refractivity contribution in [1.82, 2.24) is 15.4 Å². The Morgan fingerprint density at radius 3 is 2.84 bits per heavy atom. The van der Waals surface area contributed by atoms with Crippen LogP contribution in [0.3, 0.4) is 0 Å². The maximum absolute atomic E-state index is 13.7. The third-order valence-corrected chi connectivity index (χ3v) is 4.64. The Balaban J connectivity index is 1.83. The van der Waals surface area contributed by atoms with E-state index < -0.39 is 27.3 Å². The van der Waals surface area contributed by atoms with Crippen LogP contribution in [0.1, 0.15) is 28.9 Å². The van der Waals surface area contributed by atoms with Gasteiger partial charge >= 0.3 is 5.97 Å². The Morgan fingerprint density at radius 2 is 2.16 bits per heavy atom. The van der Waals surface area contributed by atoms with Crippen molar-refractivity contribution in [2.45, 2.75) is 12.8 Å². The van der Waals surface area contributed by atoms with Crippen molar-refractivity contribution in [1.29, 1.82) is 0 Å². The van der Waals surface area contributed by atoms with Crippen molar-refractivity contribution in [3.05, 3.63) is 35.3 Å². The Labute approximate surface area is 141 Å².